The molecule has 0 bridgehead atoms. The fraction of sp³-hybridized carbons (Fsp3) is 0.435. The van der Waals surface area contributed by atoms with E-state index in [2.05, 4.69) is 4.98 Å². The summed E-state index contributed by atoms with van der Waals surface area (Å²) in [5, 5.41) is 0. The molecule has 2 rings (SSSR count). The summed E-state index contributed by atoms with van der Waals surface area (Å²) >= 11 is 0. The first-order valence-electron chi connectivity index (χ1n) is 9.83. The highest BCUT2D eigenvalue weighted by Gasteiger charge is 2.18. The van der Waals surface area contributed by atoms with Crippen LogP contribution in [0, 0.1) is 13.8 Å². The average Bonchev–Trinajstić information content (AvgIpc) is 2.68. The number of hydrogen-bond acceptors (Lipinski definition) is 5. The molecule has 0 saturated carbocycles. The van der Waals surface area contributed by atoms with Gasteiger partial charge in [-0.15, -0.1) is 0 Å². The van der Waals surface area contributed by atoms with Crippen LogP contribution in [0.4, 0.5) is 0 Å². The van der Waals surface area contributed by atoms with E-state index in [0.29, 0.717) is 13.2 Å². The molecule has 2 aromatic rings. The van der Waals surface area contributed by atoms with E-state index in [1.54, 1.807) is 24.3 Å². The van der Waals surface area contributed by atoms with Crippen molar-refractivity contribution in [2.45, 2.75) is 53.4 Å². The molecule has 28 heavy (non-hydrogen) atoms. The fourth-order valence-electron chi connectivity index (χ4n) is 2.29. The lowest BCUT2D eigenvalue weighted by molar-refractivity contribution is 0.0452. The van der Waals surface area contributed by atoms with Gasteiger partial charge >= 0.3 is 11.9 Å². The second-order valence-corrected chi connectivity index (χ2v) is 6.44. The Balaban J connectivity index is 0.000000406. The number of pyridine rings is 1. The number of rotatable bonds is 8. The summed E-state index contributed by atoms with van der Waals surface area (Å²) in [6.07, 6.45) is 3.53. The second-order valence-electron chi connectivity index (χ2n) is 6.44. The minimum Gasteiger partial charge on any atom is -0.462 e. The lowest BCUT2D eigenvalue weighted by Crippen LogP contribution is -2.14. The van der Waals surface area contributed by atoms with Gasteiger partial charge in [0.25, 0.3) is 0 Å². The summed E-state index contributed by atoms with van der Waals surface area (Å²) in [4.78, 5) is 28.1. The molecule has 0 aliphatic heterocycles. The summed E-state index contributed by atoms with van der Waals surface area (Å²) in [6, 6.07) is 12.6. The van der Waals surface area contributed by atoms with Gasteiger partial charge in [0.2, 0.25) is 0 Å². The van der Waals surface area contributed by atoms with Crippen molar-refractivity contribution in [1.82, 2.24) is 4.98 Å². The zero-order valence-corrected chi connectivity index (χ0v) is 17.4. The summed E-state index contributed by atoms with van der Waals surface area (Å²) in [7, 11) is 0. The van der Waals surface area contributed by atoms with Gasteiger partial charge in [-0.2, -0.15) is 0 Å². The van der Waals surface area contributed by atoms with Crippen molar-refractivity contribution in [2.75, 3.05) is 13.2 Å². The van der Waals surface area contributed by atoms with Crippen LogP contribution in [-0.2, 0) is 9.47 Å². The zero-order chi connectivity index (χ0) is 20.8. The van der Waals surface area contributed by atoms with Crippen LogP contribution in [-0.4, -0.2) is 30.1 Å². The quantitative estimate of drug-likeness (QED) is 0.456. The molecule has 0 aliphatic carbocycles. The van der Waals surface area contributed by atoms with E-state index in [9.17, 15) is 9.59 Å². The summed E-state index contributed by atoms with van der Waals surface area (Å²) in [6.45, 7) is 8.77. The minimum atomic E-state index is -0.471. The predicted octanol–water partition coefficient (Wildman–Crippen LogP) is 5.30. The molecule has 0 unspecified atom stereocenters. The van der Waals surface area contributed by atoms with E-state index in [1.165, 1.54) is 0 Å². The number of aromatic nitrogens is 1. The van der Waals surface area contributed by atoms with Crippen LogP contribution in [0.15, 0.2) is 42.5 Å². The lowest BCUT2D eigenvalue weighted by atomic mass is 10.1. The highest BCUT2D eigenvalue weighted by molar-refractivity contribution is 6.03. The maximum absolute atomic E-state index is 11.9. The zero-order valence-electron chi connectivity index (χ0n) is 17.4. The van der Waals surface area contributed by atoms with Crippen LogP contribution >= 0.6 is 0 Å². The van der Waals surface area contributed by atoms with Gasteiger partial charge in [0.05, 0.1) is 24.3 Å². The number of benzene rings is 1. The topological polar surface area (TPSA) is 65.5 Å². The smallest absolute Gasteiger partial charge is 0.339 e. The molecule has 0 radical (unpaired) electrons. The maximum atomic E-state index is 11.9. The van der Waals surface area contributed by atoms with Crippen molar-refractivity contribution >= 4 is 11.9 Å². The van der Waals surface area contributed by atoms with Crippen molar-refractivity contribution in [3.05, 3.63) is 65.0 Å². The van der Waals surface area contributed by atoms with E-state index in [4.69, 9.17) is 9.47 Å². The molecule has 0 atom stereocenters. The standard InChI is InChI=1S/C16H22O4.C7H9N/c1-3-5-11-19-15(17)13-9-7-8-10-14(13)16(18)20-12-6-4-2;1-6-4-3-5-7(2)8-6/h7-10H,3-6,11-12H2,1-2H3;3-5H,1-2H3. The van der Waals surface area contributed by atoms with Gasteiger partial charge < -0.3 is 9.47 Å². The number of unbranched alkanes of at least 4 members (excludes halogenated alkanes) is 2. The highest BCUT2D eigenvalue weighted by atomic mass is 16.5. The normalized spacial score (nSPS) is 9.86. The summed E-state index contributed by atoms with van der Waals surface area (Å²) in [5.41, 5.74) is 2.71. The minimum absolute atomic E-state index is 0.269. The SMILES string of the molecule is CCCCOC(=O)c1ccccc1C(=O)OCCCC.Cc1cccc(C)n1. The molecular weight excluding hydrogens is 354 g/mol. The van der Waals surface area contributed by atoms with Gasteiger partial charge in [-0.05, 0) is 51.0 Å². The highest BCUT2D eigenvalue weighted by Crippen LogP contribution is 2.12. The van der Waals surface area contributed by atoms with Crippen LogP contribution in [0.5, 0.6) is 0 Å². The Kier molecular flexibility index (Phi) is 11.2. The van der Waals surface area contributed by atoms with Crippen molar-refractivity contribution in [2.24, 2.45) is 0 Å². The van der Waals surface area contributed by atoms with Crippen molar-refractivity contribution < 1.29 is 19.1 Å². The van der Waals surface area contributed by atoms with Gasteiger partial charge in [0.1, 0.15) is 0 Å². The molecule has 0 amide bonds. The van der Waals surface area contributed by atoms with Crippen LogP contribution in [0.25, 0.3) is 0 Å². The first-order chi connectivity index (χ1) is 13.5. The molecule has 0 saturated heterocycles. The molecule has 0 fully saturated rings. The van der Waals surface area contributed by atoms with Gasteiger partial charge in [0, 0.05) is 11.4 Å². The Labute approximate surface area is 168 Å². The third kappa shape index (κ3) is 8.80. The first-order valence-corrected chi connectivity index (χ1v) is 9.83. The number of nitrogens with zero attached hydrogens (tertiary/aromatic N) is 1. The molecule has 0 aliphatic rings. The molecule has 5 heteroatoms. The monoisotopic (exact) mass is 385 g/mol. The molecule has 1 aromatic heterocycles. The van der Waals surface area contributed by atoms with Crippen molar-refractivity contribution in [1.29, 1.82) is 0 Å². The molecule has 5 nitrogen and oxygen atoms in total. The molecule has 0 N–H and O–H groups in total. The maximum Gasteiger partial charge on any atom is 0.339 e. The van der Waals surface area contributed by atoms with E-state index in [-0.39, 0.29) is 11.1 Å². The van der Waals surface area contributed by atoms with E-state index in [0.717, 1.165) is 37.1 Å². The van der Waals surface area contributed by atoms with Gasteiger partial charge in [-0.25, -0.2) is 9.59 Å². The van der Waals surface area contributed by atoms with Crippen molar-refractivity contribution in [3.8, 4) is 0 Å². The Bertz CT molecular complexity index is 685. The van der Waals surface area contributed by atoms with Gasteiger partial charge in [-0.1, -0.05) is 44.9 Å². The summed E-state index contributed by atoms with van der Waals surface area (Å²) in [5.74, 6) is -0.942. The number of carbonyl (C=O) groups excluding carboxylic acids is 2. The largest absolute Gasteiger partial charge is 0.462 e. The van der Waals surface area contributed by atoms with Crippen LogP contribution in [0.2, 0.25) is 0 Å². The van der Waals surface area contributed by atoms with Gasteiger partial charge in [-0.3, -0.25) is 4.98 Å². The Morgan fingerprint density at radius 2 is 1.18 bits per heavy atom. The summed E-state index contributed by atoms with van der Waals surface area (Å²) < 4.78 is 10.3. The number of esters is 2. The molecule has 152 valence electrons. The third-order valence-electron chi connectivity index (χ3n) is 3.86. The van der Waals surface area contributed by atoms with E-state index in [1.807, 2.05) is 45.9 Å². The molecule has 0 spiro atoms. The molecular formula is C23H31NO4. The lowest BCUT2D eigenvalue weighted by Gasteiger charge is -2.09. The molecule has 1 heterocycles. The van der Waals surface area contributed by atoms with E-state index >= 15 is 0 Å². The van der Waals surface area contributed by atoms with Crippen LogP contribution in [0.3, 0.4) is 0 Å². The first kappa shape index (κ1) is 23.3. The number of aryl methyl sites for hydroxylation is 2. The molecule has 1 aromatic carbocycles. The fourth-order valence-corrected chi connectivity index (χ4v) is 2.29. The number of carbonyl (C=O) groups is 2. The number of ether oxygens (including phenoxy) is 2. The predicted molar refractivity (Wildman–Crippen MR) is 111 cm³/mol. The third-order valence-corrected chi connectivity index (χ3v) is 3.86. The average molecular weight is 386 g/mol. The van der Waals surface area contributed by atoms with Crippen LogP contribution in [0.1, 0.15) is 71.6 Å². The van der Waals surface area contributed by atoms with Crippen molar-refractivity contribution in [3.63, 3.8) is 0 Å². The Hall–Kier alpha value is -2.69. The number of hydrogen-bond donors (Lipinski definition) is 0. The Morgan fingerprint density at radius 3 is 1.50 bits per heavy atom. The van der Waals surface area contributed by atoms with E-state index < -0.39 is 11.9 Å². The second kappa shape index (κ2) is 13.5. The Morgan fingerprint density at radius 1 is 0.750 bits per heavy atom. The van der Waals surface area contributed by atoms with Gasteiger partial charge in [0.15, 0.2) is 0 Å². The van der Waals surface area contributed by atoms with Crippen LogP contribution < -0.4 is 0 Å².